The molecule has 0 radical (unpaired) electrons. The molecule has 2 aromatic rings. The summed E-state index contributed by atoms with van der Waals surface area (Å²) in [6.45, 7) is 3.22. The van der Waals surface area contributed by atoms with E-state index in [4.69, 9.17) is 9.47 Å². The van der Waals surface area contributed by atoms with Crippen molar-refractivity contribution >= 4 is 32.4 Å². The fourth-order valence-electron chi connectivity index (χ4n) is 3.16. The Hall–Kier alpha value is -1.77. The average molecular weight is 335 g/mol. The first-order valence-corrected chi connectivity index (χ1v) is 8.55. The maximum atomic E-state index is 10.9. The molecular formula is C15H17N3O4S. The Kier molecular flexibility index (Phi) is 3.88. The summed E-state index contributed by atoms with van der Waals surface area (Å²) >= 11 is 1.52. The number of hydrogen-bond acceptors (Lipinski definition) is 7. The van der Waals surface area contributed by atoms with Gasteiger partial charge in [0, 0.05) is 31.1 Å². The Balaban J connectivity index is 1.48. The van der Waals surface area contributed by atoms with E-state index in [0.29, 0.717) is 19.1 Å². The number of nitro groups is 1. The van der Waals surface area contributed by atoms with Crippen molar-refractivity contribution in [2.45, 2.75) is 19.1 Å². The summed E-state index contributed by atoms with van der Waals surface area (Å²) in [6.07, 6.45) is 1.98. The zero-order chi connectivity index (χ0) is 15.8. The quantitative estimate of drug-likeness (QED) is 0.634. The van der Waals surface area contributed by atoms with E-state index in [-0.39, 0.29) is 16.9 Å². The molecule has 0 unspecified atom stereocenters. The van der Waals surface area contributed by atoms with Gasteiger partial charge < -0.3 is 14.4 Å². The number of anilines is 1. The summed E-state index contributed by atoms with van der Waals surface area (Å²) in [5, 5.41) is 11.8. The molecule has 2 aliphatic rings. The lowest BCUT2D eigenvalue weighted by Crippen LogP contribution is -2.38. The topological polar surface area (TPSA) is 77.7 Å². The van der Waals surface area contributed by atoms with Gasteiger partial charge in [0.15, 0.2) is 11.4 Å². The van der Waals surface area contributed by atoms with E-state index in [9.17, 15) is 10.1 Å². The van der Waals surface area contributed by atoms with Crippen molar-refractivity contribution in [2.75, 3.05) is 31.2 Å². The van der Waals surface area contributed by atoms with Crippen LogP contribution in [0.3, 0.4) is 0 Å². The van der Waals surface area contributed by atoms with Crippen molar-refractivity contribution in [3.63, 3.8) is 0 Å². The minimum atomic E-state index is -0.369. The zero-order valence-corrected chi connectivity index (χ0v) is 13.3. The minimum Gasteiger partial charge on any atom is -0.350 e. The highest BCUT2D eigenvalue weighted by Gasteiger charge is 2.31. The number of nitro benzene ring substituents is 1. The van der Waals surface area contributed by atoms with Crippen molar-refractivity contribution in [1.29, 1.82) is 0 Å². The fraction of sp³-hybridized carbons (Fsp3) is 0.533. The number of ether oxygens (including phenoxy) is 2. The largest absolute Gasteiger partial charge is 0.350 e. The first-order valence-electron chi connectivity index (χ1n) is 7.74. The van der Waals surface area contributed by atoms with E-state index in [2.05, 4.69) is 9.88 Å². The van der Waals surface area contributed by atoms with Crippen LogP contribution >= 0.6 is 11.3 Å². The SMILES string of the molecule is O=[N+]([O-])c1ccc2nc(N3CCC(C4OCCO4)CC3)sc2c1. The molecule has 0 amide bonds. The number of benzene rings is 1. The van der Waals surface area contributed by atoms with Crippen LogP contribution in [-0.2, 0) is 9.47 Å². The molecule has 1 aromatic heterocycles. The van der Waals surface area contributed by atoms with Crippen molar-refractivity contribution in [1.82, 2.24) is 4.98 Å². The third kappa shape index (κ3) is 2.89. The molecule has 0 saturated carbocycles. The molecule has 7 nitrogen and oxygen atoms in total. The van der Waals surface area contributed by atoms with Crippen LogP contribution in [0.4, 0.5) is 10.8 Å². The maximum absolute atomic E-state index is 10.9. The lowest BCUT2D eigenvalue weighted by atomic mass is 9.96. The van der Waals surface area contributed by atoms with Crippen LogP contribution < -0.4 is 4.90 Å². The average Bonchev–Trinajstić information content (AvgIpc) is 3.23. The Morgan fingerprint density at radius 3 is 2.70 bits per heavy atom. The van der Waals surface area contributed by atoms with Gasteiger partial charge in [-0.05, 0) is 18.9 Å². The molecule has 23 heavy (non-hydrogen) atoms. The van der Waals surface area contributed by atoms with E-state index < -0.39 is 0 Å². The van der Waals surface area contributed by atoms with E-state index >= 15 is 0 Å². The van der Waals surface area contributed by atoms with Gasteiger partial charge >= 0.3 is 0 Å². The van der Waals surface area contributed by atoms with Crippen LogP contribution in [0.15, 0.2) is 18.2 Å². The third-order valence-electron chi connectivity index (χ3n) is 4.41. The molecule has 2 fully saturated rings. The fourth-order valence-corrected chi connectivity index (χ4v) is 4.21. The number of fused-ring (bicyclic) bond motifs is 1. The molecule has 1 aromatic carbocycles. The molecule has 2 saturated heterocycles. The van der Waals surface area contributed by atoms with Gasteiger partial charge in [0.1, 0.15) is 0 Å². The predicted octanol–water partition coefficient (Wildman–Crippen LogP) is 2.79. The smallest absolute Gasteiger partial charge is 0.270 e. The van der Waals surface area contributed by atoms with Crippen LogP contribution in [0.1, 0.15) is 12.8 Å². The Bertz CT molecular complexity index is 721. The molecule has 0 spiro atoms. The molecule has 2 aliphatic heterocycles. The molecule has 3 heterocycles. The first kappa shape index (κ1) is 14.8. The van der Waals surface area contributed by atoms with E-state index in [1.54, 1.807) is 12.1 Å². The van der Waals surface area contributed by atoms with E-state index in [1.165, 1.54) is 17.4 Å². The Labute approximate surface area is 137 Å². The van der Waals surface area contributed by atoms with Gasteiger partial charge in [0.25, 0.3) is 5.69 Å². The van der Waals surface area contributed by atoms with Crippen LogP contribution in [-0.4, -0.2) is 42.5 Å². The number of piperidine rings is 1. The van der Waals surface area contributed by atoms with Crippen LogP contribution in [0, 0.1) is 16.0 Å². The predicted molar refractivity (Wildman–Crippen MR) is 86.9 cm³/mol. The molecule has 122 valence electrons. The Morgan fingerprint density at radius 1 is 1.26 bits per heavy atom. The molecule has 0 atom stereocenters. The summed E-state index contributed by atoms with van der Waals surface area (Å²) in [5.41, 5.74) is 0.933. The second-order valence-corrected chi connectivity index (χ2v) is 6.85. The van der Waals surface area contributed by atoms with E-state index in [1.807, 2.05) is 0 Å². The molecular weight excluding hydrogens is 318 g/mol. The highest BCUT2D eigenvalue weighted by molar-refractivity contribution is 7.22. The lowest BCUT2D eigenvalue weighted by molar-refractivity contribution is -0.384. The van der Waals surface area contributed by atoms with Gasteiger partial charge in [-0.15, -0.1) is 0 Å². The number of non-ortho nitro benzene ring substituents is 1. The standard InChI is InChI=1S/C15H17N3O4S/c19-18(20)11-1-2-12-13(9-11)23-15(16-12)17-5-3-10(4-6-17)14-21-7-8-22-14/h1-2,9-10,14H,3-8H2. The number of aromatic nitrogens is 1. The summed E-state index contributed by atoms with van der Waals surface area (Å²) in [6, 6.07) is 4.83. The van der Waals surface area contributed by atoms with Gasteiger partial charge in [-0.25, -0.2) is 4.98 Å². The highest BCUT2D eigenvalue weighted by atomic mass is 32.1. The Morgan fingerprint density at radius 2 is 2.00 bits per heavy atom. The van der Waals surface area contributed by atoms with Gasteiger partial charge in [-0.1, -0.05) is 11.3 Å². The summed E-state index contributed by atoms with van der Waals surface area (Å²) < 4.78 is 12.1. The minimum absolute atomic E-state index is 0.0461. The van der Waals surface area contributed by atoms with Crippen LogP contribution in [0.5, 0.6) is 0 Å². The number of nitrogens with zero attached hydrogens (tertiary/aromatic N) is 3. The second-order valence-electron chi connectivity index (χ2n) is 5.84. The normalized spacial score (nSPS) is 20.4. The molecule has 4 rings (SSSR count). The van der Waals surface area contributed by atoms with Crippen molar-refractivity contribution in [2.24, 2.45) is 5.92 Å². The first-order chi connectivity index (χ1) is 11.2. The van der Waals surface area contributed by atoms with Crippen molar-refractivity contribution in [3.8, 4) is 0 Å². The monoisotopic (exact) mass is 335 g/mol. The number of hydrogen-bond donors (Lipinski definition) is 0. The van der Waals surface area contributed by atoms with Gasteiger partial charge in [0.05, 0.1) is 28.4 Å². The molecule has 8 heteroatoms. The van der Waals surface area contributed by atoms with Gasteiger partial charge in [-0.3, -0.25) is 10.1 Å². The van der Waals surface area contributed by atoms with Crippen molar-refractivity contribution in [3.05, 3.63) is 28.3 Å². The molecule has 0 aliphatic carbocycles. The number of thiazole rings is 1. The van der Waals surface area contributed by atoms with Crippen molar-refractivity contribution < 1.29 is 14.4 Å². The van der Waals surface area contributed by atoms with Crippen LogP contribution in [0.25, 0.3) is 10.2 Å². The lowest BCUT2D eigenvalue weighted by Gasteiger charge is -2.33. The van der Waals surface area contributed by atoms with Gasteiger partial charge in [-0.2, -0.15) is 0 Å². The van der Waals surface area contributed by atoms with E-state index in [0.717, 1.165) is 41.3 Å². The number of rotatable bonds is 3. The second kappa shape index (κ2) is 6.03. The maximum Gasteiger partial charge on any atom is 0.270 e. The highest BCUT2D eigenvalue weighted by Crippen LogP contribution is 2.34. The summed E-state index contributed by atoms with van der Waals surface area (Å²) in [7, 11) is 0. The van der Waals surface area contributed by atoms with Crippen LogP contribution in [0.2, 0.25) is 0 Å². The molecule has 0 N–H and O–H groups in total. The summed E-state index contributed by atoms with van der Waals surface area (Å²) in [4.78, 5) is 17.4. The zero-order valence-electron chi connectivity index (χ0n) is 12.5. The van der Waals surface area contributed by atoms with Gasteiger partial charge in [0.2, 0.25) is 0 Å². The summed E-state index contributed by atoms with van der Waals surface area (Å²) in [5.74, 6) is 0.448. The third-order valence-corrected chi connectivity index (χ3v) is 5.49. The molecule has 0 bridgehead atoms.